The van der Waals surface area contributed by atoms with E-state index in [0.717, 1.165) is 17.5 Å². The summed E-state index contributed by atoms with van der Waals surface area (Å²) < 4.78 is 5.72. The molecule has 1 aromatic heterocycles. The van der Waals surface area contributed by atoms with Crippen LogP contribution in [0.15, 0.2) is 46.9 Å². The van der Waals surface area contributed by atoms with Crippen molar-refractivity contribution in [3.63, 3.8) is 0 Å². The van der Waals surface area contributed by atoms with Gasteiger partial charge in [-0.3, -0.25) is 4.79 Å². The number of hydrogen-bond acceptors (Lipinski definition) is 3. The molecule has 0 spiro atoms. The fourth-order valence-electron chi connectivity index (χ4n) is 2.51. The zero-order chi connectivity index (χ0) is 17.1. The summed E-state index contributed by atoms with van der Waals surface area (Å²) in [5, 5.41) is 2.95. The number of carbonyl (C=O) groups excluding carboxylic acids is 1. The summed E-state index contributed by atoms with van der Waals surface area (Å²) in [6.45, 7) is 6.69. The number of aromatic nitrogens is 1. The maximum absolute atomic E-state index is 12.4. The third-order valence-corrected chi connectivity index (χ3v) is 4.05. The molecule has 0 aliphatic rings. The second kappa shape index (κ2) is 6.87. The van der Waals surface area contributed by atoms with Crippen LogP contribution in [-0.2, 0) is 13.0 Å². The van der Waals surface area contributed by atoms with Gasteiger partial charge in [0.25, 0.3) is 5.91 Å². The van der Waals surface area contributed by atoms with Crippen molar-refractivity contribution in [1.29, 1.82) is 0 Å². The summed E-state index contributed by atoms with van der Waals surface area (Å²) in [6, 6.07) is 13.6. The molecule has 3 aromatic rings. The molecule has 0 atom stereocenters. The van der Waals surface area contributed by atoms with Crippen molar-refractivity contribution in [3.05, 3.63) is 65.0 Å². The largest absolute Gasteiger partial charge is 0.440 e. The number of nitrogens with one attached hydrogen (secondary N) is 1. The first-order chi connectivity index (χ1) is 11.6. The number of carbonyl (C=O) groups is 1. The van der Waals surface area contributed by atoms with Gasteiger partial charge in [-0.1, -0.05) is 45.0 Å². The van der Waals surface area contributed by atoms with Gasteiger partial charge in [0.05, 0.1) is 0 Å². The average molecular weight is 322 g/mol. The van der Waals surface area contributed by atoms with Crippen molar-refractivity contribution in [2.45, 2.75) is 39.7 Å². The van der Waals surface area contributed by atoms with Crippen LogP contribution in [0.4, 0.5) is 0 Å². The third-order valence-electron chi connectivity index (χ3n) is 4.05. The predicted molar refractivity (Wildman–Crippen MR) is 95.1 cm³/mol. The Hall–Kier alpha value is -2.62. The molecule has 0 unspecified atom stereocenters. The van der Waals surface area contributed by atoms with E-state index in [-0.39, 0.29) is 11.8 Å². The van der Waals surface area contributed by atoms with Crippen LogP contribution >= 0.6 is 0 Å². The lowest BCUT2D eigenvalue weighted by molar-refractivity contribution is 0.0951. The molecular weight excluding hydrogens is 300 g/mol. The predicted octanol–water partition coefficient (Wildman–Crippen LogP) is 4.44. The van der Waals surface area contributed by atoms with Crippen LogP contribution in [0.25, 0.3) is 11.1 Å². The first-order valence-corrected chi connectivity index (χ1v) is 8.33. The number of benzene rings is 2. The summed E-state index contributed by atoms with van der Waals surface area (Å²) >= 11 is 0. The van der Waals surface area contributed by atoms with E-state index in [9.17, 15) is 4.79 Å². The van der Waals surface area contributed by atoms with E-state index < -0.39 is 0 Å². The van der Waals surface area contributed by atoms with Crippen molar-refractivity contribution in [1.82, 2.24) is 10.3 Å². The van der Waals surface area contributed by atoms with Gasteiger partial charge >= 0.3 is 0 Å². The molecule has 0 aliphatic heterocycles. The summed E-state index contributed by atoms with van der Waals surface area (Å²) in [5.74, 6) is 0.804. The highest BCUT2D eigenvalue weighted by atomic mass is 16.3. The van der Waals surface area contributed by atoms with E-state index in [1.54, 1.807) is 12.1 Å². The molecule has 124 valence electrons. The summed E-state index contributed by atoms with van der Waals surface area (Å²) in [5.41, 5.74) is 4.40. The van der Waals surface area contributed by atoms with Crippen molar-refractivity contribution in [2.75, 3.05) is 0 Å². The minimum Gasteiger partial charge on any atom is -0.440 e. The zero-order valence-electron chi connectivity index (χ0n) is 14.3. The van der Waals surface area contributed by atoms with Gasteiger partial charge in [0, 0.05) is 18.0 Å². The molecule has 0 saturated carbocycles. The lowest BCUT2D eigenvalue weighted by atomic mass is 10.1. The SMILES string of the molecule is CCc1ccc(CNC(=O)c2ccc3nc(C(C)C)oc3c2)cc1. The van der Waals surface area contributed by atoms with Gasteiger partial charge in [0.15, 0.2) is 11.5 Å². The minimum absolute atomic E-state index is 0.112. The first kappa shape index (κ1) is 16.2. The number of amides is 1. The van der Waals surface area contributed by atoms with Crippen molar-refractivity contribution < 1.29 is 9.21 Å². The van der Waals surface area contributed by atoms with Crippen molar-refractivity contribution >= 4 is 17.0 Å². The van der Waals surface area contributed by atoms with Gasteiger partial charge in [-0.2, -0.15) is 0 Å². The van der Waals surface area contributed by atoms with Gasteiger partial charge in [-0.05, 0) is 35.7 Å². The van der Waals surface area contributed by atoms with Gasteiger partial charge < -0.3 is 9.73 Å². The van der Waals surface area contributed by atoms with Crippen LogP contribution in [0.2, 0.25) is 0 Å². The highest BCUT2D eigenvalue weighted by Crippen LogP contribution is 2.22. The molecule has 1 heterocycles. The lowest BCUT2D eigenvalue weighted by Crippen LogP contribution is -2.22. The Kier molecular flexibility index (Phi) is 4.65. The fourth-order valence-corrected chi connectivity index (χ4v) is 2.51. The second-order valence-corrected chi connectivity index (χ2v) is 6.24. The van der Waals surface area contributed by atoms with E-state index in [1.165, 1.54) is 5.56 Å². The average Bonchev–Trinajstić information content (AvgIpc) is 3.03. The van der Waals surface area contributed by atoms with Crippen LogP contribution in [0, 0.1) is 0 Å². The number of aryl methyl sites for hydroxylation is 1. The normalized spacial score (nSPS) is 11.2. The summed E-state index contributed by atoms with van der Waals surface area (Å²) in [6.07, 6.45) is 1.02. The molecule has 1 amide bonds. The first-order valence-electron chi connectivity index (χ1n) is 8.33. The molecular formula is C20H22N2O2. The number of hydrogen-bond donors (Lipinski definition) is 1. The second-order valence-electron chi connectivity index (χ2n) is 6.24. The maximum Gasteiger partial charge on any atom is 0.251 e. The lowest BCUT2D eigenvalue weighted by Gasteiger charge is -2.06. The molecule has 1 N–H and O–H groups in total. The molecule has 0 aliphatic carbocycles. The van der Waals surface area contributed by atoms with E-state index in [0.29, 0.717) is 23.6 Å². The van der Waals surface area contributed by atoms with Gasteiger partial charge in [0.1, 0.15) is 5.52 Å². The van der Waals surface area contributed by atoms with E-state index in [4.69, 9.17) is 4.42 Å². The standard InChI is InChI=1S/C20H22N2O2/c1-4-14-5-7-15(8-6-14)12-21-19(23)16-9-10-17-18(11-16)24-20(22-17)13(2)3/h5-11,13H,4,12H2,1-3H3,(H,21,23). The zero-order valence-corrected chi connectivity index (χ0v) is 14.3. The molecule has 0 fully saturated rings. The van der Waals surface area contributed by atoms with E-state index >= 15 is 0 Å². The maximum atomic E-state index is 12.4. The van der Waals surface area contributed by atoms with Crippen LogP contribution in [0.5, 0.6) is 0 Å². The number of nitrogens with zero attached hydrogens (tertiary/aromatic N) is 1. The monoisotopic (exact) mass is 322 g/mol. The summed E-state index contributed by atoms with van der Waals surface area (Å²) in [4.78, 5) is 16.8. The minimum atomic E-state index is -0.112. The van der Waals surface area contributed by atoms with Crippen LogP contribution in [0.1, 0.15) is 54.1 Å². The highest BCUT2D eigenvalue weighted by Gasteiger charge is 2.12. The number of rotatable bonds is 5. The fraction of sp³-hybridized carbons (Fsp3) is 0.300. The molecule has 0 saturated heterocycles. The third kappa shape index (κ3) is 3.48. The van der Waals surface area contributed by atoms with Crippen LogP contribution in [-0.4, -0.2) is 10.9 Å². The molecule has 0 bridgehead atoms. The molecule has 24 heavy (non-hydrogen) atoms. The Morgan fingerprint density at radius 2 is 1.83 bits per heavy atom. The van der Waals surface area contributed by atoms with E-state index in [1.807, 2.05) is 32.0 Å². The molecule has 2 aromatic carbocycles. The molecule has 4 heteroatoms. The quantitative estimate of drug-likeness (QED) is 0.755. The Labute approximate surface area is 141 Å². The number of oxazole rings is 1. The molecule has 4 nitrogen and oxygen atoms in total. The number of fused-ring (bicyclic) bond motifs is 1. The van der Waals surface area contributed by atoms with E-state index in [2.05, 4.69) is 29.4 Å². The van der Waals surface area contributed by atoms with Gasteiger partial charge in [0.2, 0.25) is 0 Å². The highest BCUT2D eigenvalue weighted by molar-refractivity contribution is 5.96. The van der Waals surface area contributed by atoms with Crippen LogP contribution < -0.4 is 5.32 Å². The van der Waals surface area contributed by atoms with Gasteiger partial charge in [-0.15, -0.1) is 0 Å². The smallest absolute Gasteiger partial charge is 0.251 e. The van der Waals surface area contributed by atoms with Crippen LogP contribution in [0.3, 0.4) is 0 Å². The summed E-state index contributed by atoms with van der Waals surface area (Å²) in [7, 11) is 0. The Bertz CT molecular complexity index is 848. The molecule has 0 radical (unpaired) electrons. The van der Waals surface area contributed by atoms with Crippen molar-refractivity contribution in [2.24, 2.45) is 0 Å². The van der Waals surface area contributed by atoms with Gasteiger partial charge in [-0.25, -0.2) is 4.98 Å². The Balaban J connectivity index is 1.70. The molecule has 3 rings (SSSR count). The Morgan fingerprint density at radius 3 is 2.50 bits per heavy atom. The Morgan fingerprint density at radius 1 is 1.12 bits per heavy atom. The van der Waals surface area contributed by atoms with Crippen molar-refractivity contribution in [3.8, 4) is 0 Å². The topological polar surface area (TPSA) is 55.1 Å².